The molecule has 1 aromatic carbocycles. The van der Waals surface area contributed by atoms with Gasteiger partial charge in [0.25, 0.3) is 5.91 Å². The van der Waals surface area contributed by atoms with Crippen LogP contribution in [0.15, 0.2) is 47.1 Å². The zero-order valence-electron chi connectivity index (χ0n) is 12.8. The summed E-state index contributed by atoms with van der Waals surface area (Å²) in [7, 11) is 0. The van der Waals surface area contributed by atoms with Crippen LogP contribution in [0.2, 0.25) is 5.02 Å². The van der Waals surface area contributed by atoms with E-state index in [2.05, 4.69) is 20.9 Å². The van der Waals surface area contributed by atoms with Gasteiger partial charge in [-0.15, -0.1) is 0 Å². The van der Waals surface area contributed by atoms with Gasteiger partial charge in [-0.3, -0.25) is 4.79 Å². The molecule has 1 aromatic heterocycles. The van der Waals surface area contributed by atoms with E-state index in [1.54, 1.807) is 35.4 Å². The summed E-state index contributed by atoms with van der Waals surface area (Å²) in [4.78, 5) is 18.2. The highest BCUT2D eigenvalue weighted by molar-refractivity contribution is 9.10. The Balaban J connectivity index is 1.49. The molecule has 24 heavy (non-hydrogen) atoms. The fraction of sp³-hybridized carbons (Fsp3) is 0.294. The summed E-state index contributed by atoms with van der Waals surface area (Å²) in [5, 5.41) is 0.633. The van der Waals surface area contributed by atoms with E-state index in [-0.39, 0.29) is 18.6 Å². The van der Waals surface area contributed by atoms with Gasteiger partial charge < -0.3 is 14.4 Å². The van der Waals surface area contributed by atoms with Crippen molar-refractivity contribution in [2.24, 2.45) is 0 Å². The molecule has 0 bridgehead atoms. The number of amides is 1. The molecular formula is C17H16BrClN2O3. The first-order chi connectivity index (χ1) is 11.6. The van der Waals surface area contributed by atoms with Gasteiger partial charge in [0.15, 0.2) is 6.61 Å². The molecule has 1 atom stereocenters. The normalized spacial score (nSPS) is 16.9. The van der Waals surface area contributed by atoms with Gasteiger partial charge in [0.1, 0.15) is 11.9 Å². The lowest BCUT2D eigenvalue weighted by molar-refractivity contribution is -0.132. The van der Waals surface area contributed by atoms with E-state index in [1.165, 1.54) is 0 Å². The summed E-state index contributed by atoms with van der Waals surface area (Å²) in [5.41, 5.74) is 0. The molecule has 1 unspecified atom stereocenters. The first kappa shape index (κ1) is 17.0. The number of hydrogen-bond donors (Lipinski definition) is 0. The van der Waals surface area contributed by atoms with Gasteiger partial charge in [-0.05, 0) is 52.3 Å². The predicted octanol–water partition coefficient (Wildman–Crippen LogP) is 3.56. The van der Waals surface area contributed by atoms with Crippen molar-refractivity contribution in [3.8, 4) is 11.6 Å². The average Bonchev–Trinajstić information content (AvgIpc) is 3.05. The van der Waals surface area contributed by atoms with Gasteiger partial charge >= 0.3 is 0 Å². The van der Waals surface area contributed by atoms with E-state index in [9.17, 15) is 4.79 Å². The minimum absolute atomic E-state index is 0.00162. The summed E-state index contributed by atoms with van der Waals surface area (Å²) >= 11 is 9.22. The summed E-state index contributed by atoms with van der Waals surface area (Å²) in [5.74, 6) is 1.11. The third-order valence-electron chi connectivity index (χ3n) is 3.68. The van der Waals surface area contributed by atoms with Crippen LogP contribution in [-0.4, -0.2) is 41.6 Å². The molecule has 0 N–H and O–H groups in total. The Hall–Kier alpha value is -1.79. The third-order valence-corrected chi connectivity index (χ3v) is 4.53. The van der Waals surface area contributed by atoms with Gasteiger partial charge in [-0.1, -0.05) is 11.6 Å². The van der Waals surface area contributed by atoms with Crippen molar-refractivity contribution in [1.29, 1.82) is 0 Å². The summed E-state index contributed by atoms with van der Waals surface area (Å²) in [6, 6.07) is 10.6. The lowest BCUT2D eigenvalue weighted by atomic mass is 10.3. The number of carbonyl (C=O) groups excluding carboxylic acids is 1. The number of pyridine rings is 1. The lowest BCUT2D eigenvalue weighted by Gasteiger charge is -2.17. The van der Waals surface area contributed by atoms with E-state index in [4.69, 9.17) is 21.1 Å². The predicted molar refractivity (Wildman–Crippen MR) is 94.5 cm³/mol. The van der Waals surface area contributed by atoms with Crippen molar-refractivity contribution >= 4 is 33.4 Å². The molecule has 126 valence electrons. The Morgan fingerprint density at radius 3 is 2.88 bits per heavy atom. The molecule has 2 aromatic rings. The van der Waals surface area contributed by atoms with E-state index < -0.39 is 0 Å². The van der Waals surface area contributed by atoms with Gasteiger partial charge in [-0.2, -0.15) is 0 Å². The molecule has 0 radical (unpaired) electrons. The molecule has 2 heterocycles. The maximum atomic E-state index is 12.2. The molecule has 1 aliphatic heterocycles. The number of likely N-dealkylation sites (tertiary alicyclic amines) is 1. The van der Waals surface area contributed by atoms with Crippen molar-refractivity contribution in [2.45, 2.75) is 12.5 Å². The van der Waals surface area contributed by atoms with E-state index >= 15 is 0 Å². The Bertz CT molecular complexity index is 711. The molecule has 1 fully saturated rings. The number of ether oxygens (including phenoxy) is 2. The fourth-order valence-corrected chi connectivity index (χ4v) is 2.91. The topological polar surface area (TPSA) is 51.7 Å². The van der Waals surface area contributed by atoms with Crippen molar-refractivity contribution < 1.29 is 14.3 Å². The van der Waals surface area contributed by atoms with Crippen LogP contribution in [0.5, 0.6) is 11.6 Å². The smallest absolute Gasteiger partial charge is 0.260 e. The minimum atomic E-state index is -0.0596. The monoisotopic (exact) mass is 410 g/mol. The lowest BCUT2D eigenvalue weighted by Crippen LogP contribution is -2.34. The second-order valence-corrected chi connectivity index (χ2v) is 6.69. The van der Waals surface area contributed by atoms with E-state index in [0.717, 1.165) is 10.9 Å². The fourth-order valence-electron chi connectivity index (χ4n) is 2.43. The number of benzene rings is 1. The van der Waals surface area contributed by atoms with Crippen molar-refractivity contribution in [1.82, 2.24) is 9.88 Å². The first-order valence-electron chi connectivity index (χ1n) is 7.55. The van der Waals surface area contributed by atoms with Gasteiger partial charge in [-0.25, -0.2) is 4.98 Å². The van der Waals surface area contributed by atoms with Crippen LogP contribution in [0.1, 0.15) is 6.42 Å². The molecule has 0 spiro atoms. The van der Waals surface area contributed by atoms with Crippen LogP contribution >= 0.6 is 27.5 Å². The van der Waals surface area contributed by atoms with Crippen molar-refractivity contribution in [2.75, 3.05) is 19.7 Å². The molecule has 5 nitrogen and oxygen atoms in total. The maximum absolute atomic E-state index is 12.2. The third kappa shape index (κ3) is 4.39. The molecule has 3 rings (SSSR count). The Labute approximate surface area is 153 Å². The van der Waals surface area contributed by atoms with Crippen molar-refractivity contribution in [3.05, 3.63) is 52.1 Å². The average molecular weight is 412 g/mol. The second-order valence-electron chi connectivity index (χ2n) is 5.40. The summed E-state index contributed by atoms with van der Waals surface area (Å²) < 4.78 is 12.2. The Morgan fingerprint density at radius 1 is 1.33 bits per heavy atom. The molecule has 0 saturated carbocycles. The zero-order valence-corrected chi connectivity index (χ0v) is 15.2. The second kappa shape index (κ2) is 7.85. The van der Waals surface area contributed by atoms with Crippen LogP contribution in [0.4, 0.5) is 0 Å². The Morgan fingerprint density at radius 2 is 2.12 bits per heavy atom. The molecule has 1 amide bonds. The molecule has 1 saturated heterocycles. The van der Waals surface area contributed by atoms with Crippen LogP contribution in [0.3, 0.4) is 0 Å². The van der Waals surface area contributed by atoms with Crippen molar-refractivity contribution in [3.63, 3.8) is 0 Å². The molecule has 0 aliphatic carbocycles. The maximum Gasteiger partial charge on any atom is 0.260 e. The molecular weight excluding hydrogens is 396 g/mol. The number of hydrogen-bond acceptors (Lipinski definition) is 4. The van der Waals surface area contributed by atoms with Crippen LogP contribution in [0, 0.1) is 0 Å². The first-order valence-corrected chi connectivity index (χ1v) is 8.72. The minimum Gasteiger partial charge on any atom is -0.484 e. The standard InChI is InChI=1S/C17H16BrClN2O3/c18-15-2-1-8-20-17(15)24-14-7-9-21(10-14)16(22)11-23-13-5-3-12(19)4-6-13/h1-6,8,14H,7,9-11H2. The molecule has 7 heteroatoms. The molecule has 1 aliphatic rings. The number of carbonyl (C=O) groups is 1. The largest absolute Gasteiger partial charge is 0.484 e. The summed E-state index contributed by atoms with van der Waals surface area (Å²) in [6.45, 7) is 1.19. The number of aromatic nitrogens is 1. The van der Waals surface area contributed by atoms with Crippen LogP contribution in [0.25, 0.3) is 0 Å². The highest BCUT2D eigenvalue weighted by Crippen LogP contribution is 2.24. The van der Waals surface area contributed by atoms with Crippen LogP contribution < -0.4 is 9.47 Å². The van der Waals surface area contributed by atoms with Gasteiger partial charge in [0.2, 0.25) is 5.88 Å². The Kier molecular flexibility index (Phi) is 5.58. The SMILES string of the molecule is O=C(COc1ccc(Cl)cc1)N1CCC(Oc2ncccc2Br)C1. The van der Waals surface area contributed by atoms with Gasteiger partial charge in [0.05, 0.1) is 11.0 Å². The van der Waals surface area contributed by atoms with Gasteiger partial charge in [0, 0.05) is 24.2 Å². The summed E-state index contributed by atoms with van der Waals surface area (Å²) in [6.07, 6.45) is 2.39. The number of rotatable bonds is 5. The van der Waals surface area contributed by atoms with E-state index in [1.807, 2.05) is 12.1 Å². The number of halogens is 2. The number of nitrogens with zero attached hydrogens (tertiary/aromatic N) is 2. The quantitative estimate of drug-likeness (QED) is 0.755. The zero-order chi connectivity index (χ0) is 16.9. The van der Waals surface area contributed by atoms with E-state index in [0.29, 0.717) is 29.7 Å². The van der Waals surface area contributed by atoms with Crippen LogP contribution in [-0.2, 0) is 4.79 Å². The highest BCUT2D eigenvalue weighted by atomic mass is 79.9. The highest BCUT2D eigenvalue weighted by Gasteiger charge is 2.28.